The molecule has 0 saturated heterocycles. The highest BCUT2D eigenvalue weighted by Crippen LogP contribution is 2.31. The summed E-state index contributed by atoms with van der Waals surface area (Å²) in [6.07, 6.45) is 3.04. The molecule has 2 nitrogen and oxygen atoms in total. The fourth-order valence-corrected chi connectivity index (χ4v) is 1.44. The molecule has 0 aliphatic heterocycles. The van der Waals surface area contributed by atoms with Gasteiger partial charge in [-0.15, -0.1) is 4.52 Å². The molecule has 0 aromatic carbocycles. The van der Waals surface area contributed by atoms with Crippen LogP contribution in [-0.2, 0) is 9.09 Å². The topological polar surface area (TPSA) is 26.3 Å². The Kier molecular flexibility index (Phi) is 12.2. The van der Waals surface area contributed by atoms with E-state index in [4.69, 9.17) is 4.52 Å². The average molecular weight is 207 g/mol. The maximum Gasteiger partial charge on any atom is 0.510 e. The molecule has 12 heavy (non-hydrogen) atoms. The standard InChI is InChI=1S/C8H18O2P.Al.3H/c1-4-6-7-10-11(9)8(3)5-2;;;;/h8H,4-7H2,1-3H3;;;;/q+1;;;;. The van der Waals surface area contributed by atoms with Crippen LogP contribution in [0.15, 0.2) is 0 Å². The first-order valence-electron chi connectivity index (χ1n) is 4.31. The van der Waals surface area contributed by atoms with Crippen LogP contribution in [0.4, 0.5) is 0 Å². The predicted molar refractivity (Wildman–Crippen MR) is 58.2 cm³/mol. The van der Waals surface area contributed by atoms with Crippen LogP contribution in [0.2, 0.25) is 0 Å². The lowest BCUT2D eigenvalue weighted by atomic mass is 10.4. The summed E-state index contributed by atoms with van der Waals surface area (Å²) in [7, 11) is -1.40. The zero-order valence-corrected chi connectivity index (χ0v) is 8.56. The van der Waals surface area contributed by atoms with Gasteiger partial charge in [0.1, 0.15) is 6.61 Å². The second-order valence-corrected chi connectivity index (χ2v) is 4.44. The van der Waals surface area contributed by atoms with Crippen LogP contribution >= 0.6 is 8.03 Å². The van der Waals surface area contributed by atoms with Gasteiger partial charge in [0.15, 0.2) is 23.0 Å². The van der Waals surface area contributed by atoms with Crippen LogP contribution in [0.3, 0.4) is 0 Å². The molecule has 2 unspecified atom stereocenters. The third-order valence-electron chi connectivity index (χ3n) is 1.67. The second-order valence-electron chi connectivity index (χ2n) is 2.73. The monoisotopic (exact) mass is 207 g/mol. The highest BCUT2D eigenvalue weighted by atomic mass is 31.1. The van der Waals surface area contributed by atoms with Crippen molar-refractivity contribution in [3.63, 3.8) is 0 Å². The predicted octanol–water partition coefficient (Wildman–Crippen LogP) is 2.16. The van der Waals surface area contributed by atoms with Crippen LogP contribution in [0.25, 0.3) is 0 Å². The first kappa shape index (κ1) is 15.1. The van der Waals surface area contributed by atoms with Gasteiger partial charge < -0.3 is 0 Å². The van der Waals surface area contributed by atoms with Gasteiger partial charge in [0.25, 0.3) is 0 Å². The Morgan fingerprint density at radius 2 is 2.00 bits per heavy atom. The van der Waals surface area contributed by atoms with Gasteiger partial charge in [0.2, 0.25) is 0 Å². The lowest BCUT2D eigenvalue weighted by Gasteiger charge is -1.94. The van der Waals surface area contributed by atoms with E-state index >= 15 is 0 Å². The van der Waals surface area contributed by atoms with Crippen molar-refractivity contribution < 1.29 is 9.09 Å². The van der Waals surface area contributed by atoms with Gasteiger partial charge in [-0.2, -0.15) is 0 Å². The summed E-state index contributed by atoms with van der Waals surface area (Å²) in [5, 5.41) is 0. The minimum Gasteiger partial charge on any atom is -0.146 e. The summed E-state index contributed by atoms with van der Waals surface area (Å²) in [6.45, 7) is 6.74. The third-order valence-corrected chi connectivity index (χ3v) is 3.19. The highest BCUT2D eigenvalue weighted by molar-refractivity contribution is 7.39. The van der Waals surface area contributed by atoms with E-state index in [0.717, 1.165) is 19.3 Å². The molecule has 0 rings (SSSR count). The molecule has 0 heterocycles. The minimum absolute atomic E-state index is 0. The molecule has 0 aliphatic carbocycles. The molecule has 72 valence electrons. The zero-order valence-electron chi connectivity index (χ0n) is 7.67. The van der Waals surface area contributed by atoms with Crippen molar-refractivity contribution in [3.05, 3.63) is 0 Å². The number of unbranched alkanes of at least 4 members (excludes halogenated alkanes) is 1. The fraction of sp³-hybridized carbons (Fsp3) is 1.00. The maximum atomic E-state index is 11.2. The van der Waals surface area contributed by atoms with Crippen molar-refractivity contribution in [2.24, 2.45) is 0 Å². The molecule has 0 radical (unpaired) electrons. The molecule has 0 aliphatic rings. The van der Waals surface area contributed by atoms with E-state index in [9.17, 15) is 4.57 Å². The number of rotatable bonds is 6. The Labute approximate surface area is 87.1 Å². The Bertz CT molecular complexity index is 120. The van der Waals surface area contributed by atoms with E-state index in [1.165, 1.54) is 0 Å². The molecule has 0 spiro atoms. The first-order chi connectivity index (χ1) is 5.22. The van der Waals surface area contributed by atoms with E-state index in [0.29, 0.717) is 6.61 Å². The molecular formula is C8H21AlO2P+. The quantitative estimate of drug-likeness (QED) is 0.379. The van der Waals surface area contributed by atoms with Crippen LogP contribution in [0, 0.1) is 0 Å². The summed E-state index contributed by atoms with van der Waals surface area (Å²) in [5.74, 6) is 0. The summed E-state index contributed by atoms with van der Waals surface area (Å²) < 4.78 is 16.3. The van der Waals surface area contributed by atoms with E-state index in [2.05, 4.69) is 6.92 Å². The summed E-state index contributed by atoms with van der Waals surface area (Å²) in [6, 6.07) is 0. The Morgan fingerprint density at radius 1 is 1.42 bits per heavy atom. The molecule has 2 atom stereocenters. The molecule has 0 aromatic rings. The van der Waals surface area contributed by atoms with Crippen molar-refractivity contribution >= 4 is 25.4 Å². The normalized spacial score (nSPS) is 13.4. The number of hydrogen-bond acceptors (Lipinski definition) is 2. The van der Waals surface area contributed by atoms with Gasteiger partial charge >= 0.3 is 8.03 Å². The highest BCUT2D eigenvalue weighted by Gasteiger charge is 2.25. The molecule has 0 aromatic heterocycles. The van der Waals surface area contributed by atoms with Crippen molar-refractivity contribution in [1.29, 1.82) is 0 Å². The lowest BCUT2D eigenvalue weighted by molar-refractivity contribution is 0.315. The van der Waals surface area contributed by atoms with Crippen molar-refractivity contribution in [1.82, 2.24) is 0 Å². The van der Waals surface area contributed by atoms with Crippen molar-refractivity contribution in [2.75, 3.05) is 6.61 Å². The Morgan fingerprint density at radius 3 is 2.42 bits per heavy atom. The summed E-state index contributed by atoms with van der Waals surface area (Å²) in [4.78, 5) is 0. The van der Waals surface area contributed by atoms with Gasteiger partial charge in [0.05, 0.1) is 0 Å². The van der Waals surface area contributed by atoms with Gasteiger partial charge in [0, 0.05) is 0 Å². The van der Waals surface area contributed by atoms with Crippen molar-refractivity contribution in [3.8, 4) is 0 Å². The lowest BCUT2D eigenvalue weighted by Crippen LogP contribution is -1.96. The first-order valence-corrected chi connectivity index (χ1v) is 5.56. The Hall–Kier alpha value is 0.592. The molecule has 0 amide bonds. The average Bonchev–Trinajstić information content (AvgIpc) is 2.03. The van der Waals surface area contributed by atoms with Gasteiger partial charge in [-0.05, 0) is 24.3 Å². The fourth-order valence-electron chi connectivity index (χ4n) is 0.575. The molecule has 0 N–H and O–H groups in total. The van der Waals surface area contributed by atoms with Gasteiger partial charge in [-0.25, -0.2) is 0 Å². The van der Waals surface area contributed by atoms with E-state index in [1.807, 2.05) is 13.8 Å². The van der Waals surface area contributed by atoms with E-state index in [-0.39, 0.29) is 23.0 Å². The van der Waals surface area contributed by atoms with Crippen molar-refractivity contribution in [2.45, 2.75) is 45.7 Å². The smallest absolute Gasteiger partial charge is 0.146 e. The molecule has 0 saturated carbocycles. The molecule has 0 fully saturated rings. The maximum absolute atomic E-state index is 11.2. The molecule has 4 heteroatoms. The van der Waals surface area contributed by atoms with Crippen LogP contribution < -0.4 is 0 Å². The third kappa shape index (κ3) is 7.25. The summed E-state index contributed by atoms with van der Waals surface area (Å²) in [5.41, 5.74) is 0.210. The SMILES string of the molecule is CCCCO[P+](=O)C(C)CC.[AlH3]. The Balaban J connectivity index is 0. The number of hydrogen-bond donors (Lipinski definition) is 0. The molecule has 0 bridgehead atoms. The van der Waals surface area contributed by atoms with Gasteiger partial charge in [-0.3, -0.25) is 0 Å². The molecular weight excluding hydrogens is 186 g/mol. The minimum atomic E-state index is -1.40. The van der Waals surface area contributed by atoms with E-state index < -0.39 is 8.03 Å². The van der Waals surface area contributed by atoms with Crippen LogP contribution in [0.5, 0.6) is 0 Å². The van der Waals surface area contributed by atoms with Gasteiger partial charge in [-0.1, -0.05) is 20.3 Å². The second kappa shape index (κ2) is 9.68. The van der Waals surface area contributed by atoms with Crippen LogP contribution in [-0.4, -0.2) is 29.6 Å². The zero-order chi connectivity index (χ0) is 8.69. The van der Waals surface area contributed by atoms with Crippen LogP contribution in [0.1, 0.15) is 40.0 Å². The van der Waals surface area contributed by atoms with E-state index in [1.54, 1.807) is 0 Å². The summed E-state index contributed by atoms with van der Waals surface area (Å²) >= 11 is 0. The largest absolute Gasteiger partial charge is 0.510 e.